The summed E-state index contributed by atoms with van der Waals surface area (Å²) >= 11 is 0. The minimum absolute atomic E-state index is 0.0515. The Morgan fingerprint density at radius 3 is 2.43 bits per heavy atom. The number of nitrogens with one attached hydrogen (secondary N) is 1. The summed E-state index contributed by atoms with van der Waals surface area (Å²) in [5.74, 6) is -0.0515. The molecule has 78 valence electrons. The van der Waals surface area contributed by atoms with Crippen LogP contribution >= 0.6 is 0 Å². The molecule has 1 N–H and O–H groups in total. The molecule has 0 aromatic heterocycles. The number of hydrogen-bond donors (Lipinski definition) is 1. The maximum atomic E-state index is 11.6. The van der Waals surface area contributed by atoms with E-state index in [0.717, 1.165) is 25.9 Å². The van der Waals surface area contributed by atoms with E-state index in [2.05, 4.69) is 5.32 Å². The van der Waals surface area contributed by atoms with Crippen molar-refractivity contribution in [2.45, 2.75) is 18.9 Å². The Labute approximate surface area is 83.0 Å². The van der Waals surface area contributed by atoms with E-state index in [1.807, 2.05) is 0 Å². The van der Waals surface area contributed by atoms with Gasteiger partial charge in [0.1, 0.15) is 6.54 Å². The van der Waals surface area contributed by atoms with Crippen LogP contribution in [0.15, 0.2) is 0 Å². The molecule has 0 radical (unpaired) electrons. The van der Waals surface area contributed by atoms with E-state index < -0.39 is 0 Å². The second-order valence-corrected chi connectivity index (χ2v) is 3.88. The van der Waals surface area contributed by atoms with Crippen molar-refractivity contribution in [1.29, 1.82) is 0 Å². The third-order valence-electron chi connectivity index (χ3n) is 2.85. The van der Waals surface area contributed by atoms with Gasteiger partial charge in [0, 0.05) is 13.1 Å². The zero-order valence-corrected chi connectivity index (χ0v) is 8.32. The van der Waals surface area contributed by atoms with Crippen LogP contribution in [0, 0.1) is 0 Å². The van der Waals surface area contributed by atoms with Crippen LogP contribution in [0.25, 0.3) is 0 Å². The number of imide groups is 1. The molecule has 0 aromatic rings. The number of carbonyl (C=O) groups is 2. The van der Waals surface area contributed by atoms with E-state index in [1.165, 1.54) is 9.80 Å². The normalized spacial score (nSPS) is 24.9. The van der Waals surface area contributed by atoms with Gasteiger partial charge in [-0.25, -0.2) is 4.79 Å². The van der Waals surface area contributed by atoms with E-state index in [0.29, 0.717) is 0 Å². The smallest absolute Gasteiger partial charge is 0.318 e. The van der Waals surface area contributed by atoms with Gasteiger partial charge < -0.3 is 10.2 Å². The molecule has 0 spiro atoms. The van der Waals surface area contributed by atoms with Crippen LogP contribution in [-0.2, 0) is 4.79 Å². The largest absolute Gasteiger partial charge is 0.327 e. The molecule has 2 aliphatic rings. The van der Waals surface area contributed by atoms with Crippen molar-refractivity contribution in [2.24, 2.45) is 0 Å². The predicted molar refractivity (Wildman–Crippen MR) is 50.8 cm³/mol. The van der Waals surface area contributed by atoms with Crippen molar-refractivity contribution < 1.29 is 9.59 Å². The Morgan fingerprint density at radius 2 is 1.93 bits per heavy atom. The summed E-state index contributed by atoms with van der Waals surface area (Å²) in [6, 6.07) is -0.0249. The quantitative estimate of drug-likeness (QED) is 0.584. The van der Waals surface area contributed by atoms with Crippen molar-refractivity contribution in [3.63, 3.8) is 0 Å². The molecule has 2 saturated heterocycles. The van der Waals surface area contributed by atoms with Gasteiger partial charge in [0.2, 0.25) is 0 Å². The molecular formula is C9H15N3O2. The number of piperidine rings is 1. The number of rotatable bonds is 1. The molecule has 0 atom stereocenters. The van der Waals surface area contributed by atoms with Crippen molar-refractivity contribution in [3.05, 3.63) is 0 Å². The number of nitrogens with zero attached hydrogens (tertiary/aromatic N) is 2. The number of amides is 3. The molecule has 0 aliphatic carbocycles. The molecule has 5 nitrogen and oxygen atoms in total. The van der Waals surface area contributed by atoms with Crippen LogP contribution in [0.3, 0.4) is 0 Å². The van der Waals surface area contributed by atoms with E-state index >= 15 is 0 Å². The van der Waals surface area contributed by atoms with Crippen molar-refractivity contribution in [1.82, 2.24) is 15.1 Å². The summed E-state index contributed by atoms with van der Waals surface area (Å²) in [6.07, 6.45) is 1.76. The van der Waals surface area contributed by atoms with Gasteiger partial charge >= 0.3 is 6.03 Å². The fraction of sp³-hybridized carbons (Fsp3) is 0.778. The standard InChI is InChI=1S/C9H15N3O2/c1-11-6-8(13)12(9(11)14)7-2-4-10-5-3-7/h7,10H,2-6H2,1H3. The lowest BCUT2D eigenvalue weighted by Gasteiger charge is -2.29. The SMILES string of the molecule is CN1CC(=O)N(C2CCNCC2)C1=O. The fourth-order valence-electron chi connectivity index (χ4n) is 2.06. The maximum absolute atomic E-state index is 11.6. The highest BCUT2D eigenvalue weighted by Crippen LogP contribution is 2.18. The summed E-state index contributed by atoms with van der Waals surface area (Å²) < 4.78 is 0. The number of carbonyl (C=O) groups excluding carboxylic acids is 2. The Hall–Kier alpha value is -1.10. The molecule has 5 heteroatoms. The third-order valence-corrected chi connectivity index (χ3v) is 2.85. The summed E-state index contributed by atoms with van der Waals surface area (Å²) in [7, 11) is 1.67. The Balaban J connectivity index is 2.08. The topological polar surface area (TPSA) is 52.7 Å². The molecule has 0 aromatic carbocycles. The second-order valence-electron chi connectivity index (χ2n) is 3.88. The lowest BCUT2D eigenvalue weighted by molar-refractivity contribution is -0.127. The fourth-order valence-corrected chi connectivity index (χ4v) is 2.06. The minimum atomic E-state index is -0.137. The third kappa shape index (κ3) is 1.48. The predicted octanol–water partition coefficient (Wildman–Crippen LogP) is -0.368. The lowest BCUT2D eigenvalue weighted by Crippen LogP contribution is -2.46. The van der Waals surface area contributed by atoms with Crippen LogP contribution in [0.4, 0.5) is 4.79 Å². The van der Waals surface area contributed by atoms with E-state index in [-0.39, 0.29) is 24.5 Å². The van der Waals surface area contributed by atoms with E-state index in [4.69, 9.17) is 0 Å². The van der Waals surface area contributed by atoms with Gasteiger partial charge in [0.15, 0.2) is 0 Å². The Bertz CT molecular complexity index is 261. The van der Waals surface area contributed by atoms with Crippen molar-refractivity contribution in [2.75, 3.05) is 26.7 Å². The first-order chi connectivity index (χ1) is 6.70. The Morgan fingerprint density at radius 1 is 1.29 bits per heavy atom. The Kier molecular flexibility index (Phi) is 2.41. The number of likely N-dealkylation sites (N-methyl/N-ethyl adjacent to an activating group) is 1. The number of urea groups is 1. The van der Waals surface area contributed by atoms with Crippen LogP contribution in [0.5, 0.6) is 0 Å². The molecule has 2 heterocycles. The van der Waals surface area contributed by atoms with Crippen LogP contribution in [0.1, 0.15) is 12.8 Å². The minimum Gasteiger partial charge on any atom is -0.318 e. The highest BCUT2D eigenvalue weighted by molar-refractivity contribution is 6.02. The summed E-state index contributed by atoms with van der Waals surface area (Å²) in [5.41, 5.74) is 0. The molecular weight excluding hydrogens is 182 g/mol. The zero-order valence-electron chi connectivity index (χ0n) is 8.32. The maximum Gasteiger partial charge on any atom is 0.327 e. The molecule has 14 heavy (non-hydrogen) atoms. The first kappa shape index (κ1) is 9.45. The summed E-state index contributed by atoms with van der Waals surface area (Å²) in [5, 5.41) is 3.22. The molecule has 2 rings (SSSR count). The highest BCUT2D eigenvalue weighted by atomic mass is 16.2. The van der Waals surface area contributed by atoms with E-state index in [9.17, 15) is 9.59 Å². The monoisotopic (exact) mass is 197 g/mol. The second kappa shape index (κ2) is 3.57. The average molecular weight is 197 g/mol. The first-order valence-corrected chi connectivity index (χ1v) is 4.98. The lowest BCUT2D eigenvalue weighted by atomic mass is 10.1. The van der Waals surface area contributed by atoms with Gasteiger partial charge in [-0.1, -0.05) is 0 Å². The molecule has 0 saturated carbocycles. The van der Waals surface area contributed by atoms with Gasteiger partial charge in [-0.05, 0) is 25.9 Å². The zero-order chi connectivity index (χ0) is 10.1. The van der Waals surface area contributed by atoms with Gasteiger partial charge in [0.25, 0.3) is 5.91 Å². The van der Waals surface area contributed by atoms with Gasteiger partial charge in [0.05, 0.1) is 0 Å². The highest BCUT2D eigenvalue weighted by Gasteiger charge is 2.38. The molecule has 0 bridgehead atoms. The van der Waals surface area contributed by atoms with Gasteiger partial charge in [-0.15, -0.1) is 0 Å². The van der Waals surface area contributed by atoms with Crippen LogP contribution in [0.2, 0.25) is 0 Å². The first-order valence-electron chi connectivity index (χ1n) is 4.98. The summed E-state index contributed by atoms with van der Waals surface area (Å²) in [4.78, 5) is 26.1. The molecule has 2 fully saturated rings. The molecule has 3 amide bonds. The van der Waals surface area contributed by atoms with Crippen LogP contribution in [-0.4, -0.2) is 54.5 Å². The summed E-state index contributed by atoms with van der Waals surface area (Å²) in [6.45, 7) is 2.03. The van der Waals surface area contributed by atoms with Gasteiger partial charge in [-0.2, -0.15) is 0 Å². The van der Waals surface area contributed by atoms with E-state index in [1.54, 1.807) is 7.05 Å². The molecule has 2 aliphatic heterocycles. The average Bonchev–Trinajstić information content (AvgIpc) is 2.43. The molecule has 0 unspecified atom stereocenters. The van der Waals surface area contributed by atoms with Crippen molar-refractivity contribution in [3.8, 4) is 0 Å². The van der Waals surface area contributed by atoms with Gasteiger partial charge in [-0.3, -0.25) is 9.69 Å². The number of hydrogen-bond acceptors (Lipinski definition) is 3. The van der Waals surface area contributed by atoms with Crippen LogP contribution < -0.4 is 5.32 Å². The van der Waals surface area contributed by atoms with Crippen molar-refractivity contribution >= 4 is 11.9 Å².